The van der Waals surface area contributed by atoms with Gasteiger partial charge < -0.3 is 10.1 Å². The molecule has 0 aliphatic rings. The first-order valence-electron chi connectivity index (χ1n) is 6.34. The minimum Gasteiger partial charge on any atom is -0.467 e. The van der Waals surface area contributed by atoms with Crippen LogP contribution in [0.1, 0.15) is 12.5 Å². The highest BCUT2D eigenvalue weighted by Crippen LogP contribution is 2.30. The zero-order chi connectivity index (χ0) is 15.5. The van der Waals surface area contributed by atoms with E-state index in [2.05, 4.69) is 21.2 Å². The summed E-state index contributed by atoms with van der Waals surface area (Å²) in [6, 6.07) is 13.4. The molecule has 0 saturated carbocycles. The molecule has 0 aromatic heterocycles. The summed E-state index contributed by atoms with van der Waals surface area (Å²) in [5.74, 6) is -1.02. The lowest BCUT2D eigenvalue weighted by molar-refractivity contribution is -0.145. The van der Waals surface area contributed by atoms with Crippen LogP contribution >= 0.6 is 15.9 Å². The molecule has 0 aliphatic heterocycles. The summed E-state index contributed by atoms with van der Waals surface area (Å²) < 4.78 is 19.9. The highest BCUT2D eigenvalue weighted by Gasteiger charge is 2.38. The topological polar surface area (TPSA) is 38.3 Å². The van der Waals surface area contributed by atoms with Gasteiger partial charge in [0.2, 0.25) is 0 Å². The van der Waals surface area contributed by atoms with Crippen molar-refractivity contribution in [2.75, 3.05) is 12.4 Å². The van der Waals surface area contributed by atoms with Crippen LogP contribution in [0.4, 0.5) is 10.1 Å². The maximum Gasteiger partial charge on any atom is 0.336 e. The van der Waals surface area contributed by atoms with Crippen molar-refractivity contribution in [1.82, 2.24) is 0 Å². The number of carbonyl (C=O) groups excluding carboxylic acids is 1. The van der Waals surface area contributed by atoms with Crippen molar-refractivity contribution in [2.45, 2.75) is 12.5 Å². The first-order chi connectivity index (χ1) is 9.97. The number of anilines is 1. The van der Waals surface area contributed by atoms with E-state index in [4.69, 9.17) is 4.74 Å². The largest absolute Gasteiger partial charge is 0.467 e. The number of methoxy groups -OCH3 is 1. The number of rotatable bonds is 4. The molecular formula is C16H15BrFNO2. The molecule has 110 valence electrons. The van der Waals surface area contributed by atoms with Crippen molar-refractivity contribution < 1.29 is 13.9 Å². The third-order valence-electron chi connectivity index (χ3n) is 3.24. The van der Waals surface area contributed by atoms with Crippen molar-refractivity contribution in [2.24, 2.45) is 0 Å². The van der Waals surface area contributed by atoms with Gasteiger partial charge in [0.1, 0.15) is 5.82 Å². The Bertz CT molecular complexity index is 645. The van der Waals surface area contributed by atoms with Gasteiger partial charge in [-0.15, -0.1) is 0 Å². The summed E-state index contributed by atoms with van der Waals surface area (Å²) in [5.41, 5.74) is -0.386. The maximum atomic E-state index is 14.1. The van der Waals surface area contributed by atoms with Gasteiger partial charge in [-0.2, -0.15) is 0 Å². The zero-order valence-electron chi connectivity index (χ0n) is 11.7. The quantitative estimate of drug-likeness (QED) is 0.843. The number of esters is 1. The molecule has 2 rings (SSSR count). The van der Waals surface area contributed by atoms with Crippen molar-refractivity contribution in [3.63, 3.8) is 0 Å². The molecule has 1 N–H and O–H groups in total. The zero-order valence-corrected chi connectivity index (χ0v) is 13.3. The average molecular weight is 352 g/mol. The molecule has 0 bridgehead atoms. The van der Waals surface area contributed by atoms with Crippen LogP contribution in [0.3, 0.4) is 0 Å². The molecule has 1 unspecified atom stereocenters. The SMILES string of the molecule is COC(=O)C(C)(Nc1ccc(Br)cc1)c1ccccc1F. The number of halogens is 2. The van der Waals surface area contributed by atoms with Gasteiger partial charge in [0.25, 0.3) is 0 Å². The molecule has 0 aliphatic carbocycles. The first kappa shape index (κ1) is 15.5. The number of carbonyl (C=O) groups is 1. The van der Waals surface area contributed by atoms with E-state index in [9.17, 15) is 9.18 Å². The van der Waals surface area contributed by atoms with Crippen molar-refractivity contribution in [1.29, 1.82) is 0 Å². The molecule has 0 radical (unpaired) electrons. The highest BCUT2D eigenvalue weighted by atomic mass is 79.9. The Morgan fingerprint density at radius 2 is 1.81 bits per heavy atom. The lowest BCUT2D eigenvalue weighted by Crippen LogP contribution is -2.42. The predicted octanol–water partition coefficient (Wildman–Crippen LogP) is 4.09. The Morgan fingerprint density at radius 1 is 1.19 bits per heavy atom. The van der Waals surface area contributed by atoms with Crippen LogP contribution in [-0.4, -0.2) is 13.1 Å². The molecule has 0 heterocycles. The summed E-state index contributed by atoms with van der Waals surface area (Å²) in [7, 11) is 1.28. The van der Waals surface area contributed by atoms with E-state index in [-0.39, 0.29) is 5.56 Å². The van der Waals surface area contributed by atoms with E-state index in [1.807, 2.05) is 12.1 Å². The highest BCUT2D eigenvalue weighted by molar-refractivity contribution is 9.10. The molecule has 0 saturated heterocycles. The molecule has 1 atom stereocenters. The molecule has 5 heteroatoms. The van der Waals surface area contributed by atoms with Gasteiger partial charge in [-0.3, -0.25) is 0 Å². The Hall–Kier alpha value is -1.88. The van der Waals surface area contributed by atoms with Gasteiger partial charge in [-0.1, -0.05) is 34.1 Å². The fraction of sp³-hybridized carbons (Fsp3) is 0.188. The Labute approximate surface area is 131 Å². The van der Waals surface area contributed by atoms with Crippen LogP contribution in [0.2, 0.25) is 0 Å². The molecule has 0 fully saturated rings. The Balaban J connectivity index is 2.45. The lowest BCUT2D eigenvalue weighted by Gasteiger charge is -2.29. The second kappa shape index (κ2) is 6.26. The van der Waals surface area contributed by atoms with E-state index in [1.54, 1.807) is 37.3 Å². The molecule has 3 nitrogen and oxygen atoms in total. The average Bonchev–Trinajstić information content (AvgIpc) is 2.49. The van der Waals surface area contributed by atoms with Gasteiger partial charge in [0, 0.05) is 15.7 Å². The minimum atomic E-state index is -1.31. The van der Waals surface area contributed by atoms with Crippen LogP contribution in [-0.2, 0) is 15.1 Å². The van der Waals surface area contributed by atoms with Crippen molar-refractivity contribution in [3.8, 4) is 0 Å². The number of nitrogens with one attached hydrogen (secondary N) is 1. The third-order valence-corrected chi connectivity index (χ3v) is 3.77. The smallest absolute Gasteiger partial charge is 0.336 e. The number of hydrogen-bond donors (Lipinski definition) is 1. The number of benzene rings is 2. The molecule has 0 amide bonds. The maximum absolute atomic E-state index is 14.1. The molecule has 2 aromatic rings. The molecule has 0 spiro atoms. The first-order valence-corrected chi connectivity index (χ1v) is 7.14. The van der Waals surface area contributed by atoms with Crippen LogP contribution in [0.5, 0.6) is 0 Å². The minimum absolute atomic E-state index is 0.236. The van der Waals surface area contributed by atoms with Gasteiger partial charge in [0.05, 0.1) is 7.11 Å². The summed E-state index contributed by atoms with van der Waals surface area (Å²) in [6.45, 7) is 1.60. The standard InChI is InChI=1S/C16H15BrFNO2/c1-16(15(20)21-2,13-5-3-4-6-14(13)18)19-12-9-7-11(17)8-10-12/h3-10,19H,1-2H3. The lowest BCUT2D eigenvalue weighted by atomic mass is 9.91. The van der Waals surface area contributed by atoms with Crippen molar-refractivity contribution >= 4 is 27.6 Å². The second-order valence-corrected chi connectivity index (χ2v) is 5.64. The van der Waals surface area contributed by atoms with Crippen LogP contribution < -0.4 is 5.32 Å². The molecule has 21 heavy (non-hydrogen) atoms. The predicted molar refractivity (Wildman–Crippen MR) is 83.5 cm³/mol. The van der Waals surface area contributed by atoms with Gasteiger partial charge in [-0.25, -0.2) is 9.18 Å². The van der Waals surface area contributed by atoms with E-state index in [0.717, 1.165) is 4.47 Å². The summed E-state index contributed by atoms with van der Waals surface area (Å²) in [5, 5.41) is 3.06. The Morgan fingerprint density at radius 3 is 2.38 bits per heavy atom. The van der Waals surface area contributed by atoms with E-state index >= 15 is 0 Å². The number of hydrogen-bond acceptors (Lipinski definition) is 3. The normalized spacial score (nSPS) is 13.3. The summed E-state index contributed by atoms with van der Waals surface area (Å²) in [4.78, 5) is 12.2. The van der Waals surface area contributed by atoms with Crippen LogP contribution in [0, 0.1) is 5.82 Å². The van der Waals surface area contributed by atoms with Crippen LogP contribution in [0.15, 0.2) is 53.0 Å². The monoisotopic (exact) mass is 351 g/mol. The summed E-state index contributed by atoms with van der Waals surface area (Å²) in [6.07, 6.45) is 0. The van der Waals surface area contributed by atoms with Crippen LogP contribution in [0.25, 0.3) is 0 Å². The van der Waals surface area contributed by atoms with Gasteiger partial charge in [0.15, 0.2) is 5.54 Å². The van der Waals surface area contributed by atoms with E-state index in [0.29, 0.717) is 5.69 Å². The van der Waals surface area contributed by atoms with Gasteiger partial charge in [-0.05, 0) is 37.3 Å². The molecule has 2 aromatic carbocycles. The van der Waals surface area contributed by atoms with Gasteiger partial charge >= 0.3 is 5.97 Å². The fourth-order valence-corrected chi connectivity index (χ4v) is 2.39. The van der Waals surface area contributed by atoms with E-state index in [1.165, 1.54) is 13.2 Å². The van der Waals surface area contributed by atoms with Crippen molar-refractivity contribution in [3.05, 3.63) is 64.4 Å². The summed E-state index contributed by atoms with van der Waals surface area (Å²) >= 11 is 3.34. The number of ether oxygens (including phenoxy) is 1. The second-order valence-electron chi connectivity index (χ2n) is 4.73. The molecular weight excluding hydrogens is 337 g/mol. The third kappa shape index (κ3) is 3.24. The Kier molecular flexibility index (Phi) is 4.63. The van der Waals surface area contributed by atoms with E-state index < -0.39 is 17.3 Å². The fourth-order valence-electron chi connectivity index (χ4n) is 2.12.